The Bertz CT molecular complexity index is 445. The number of hydrogen-bond acceptors (Lipinski definition) is 2. The van der Waals surface area contributed by atoms with E-state index in [-0.39, 0.29) is 0 Å². The van der Waals surface area contributed by atoms with Crippen molar-refractivity contribution in [3.05, 3.63) is 23.8 Å². The molecule has 2 heteroatoms. The predicted octanol–water partition coefficient (Wildman–Crippen LogP) is 4.70. The summed E-state index contributed by atoms with van der Waals surface area (Å²) in [6.45, 7) is 3.32. The van der Waals surface area contributed by atoms with Gasteiger partial charge in [-0.2, -0.15) is 0 Å². The summed E-state index contributed by atoms with van der Waals surface area (Å²) in [6.07, 6.45) is 10.9. The molecule has 1 aromatic rings. The van der Waals surface area contributed by atoms with Gasteiger partial charge in [-0.1, -0.05) is 31.7 Å². The van der Waals surface area contributed by atoms with Crippen LogP contribution in [-0.4, -0.2) is 12.6 Å². The molecule has 2 nitrogen and oxygen atoms in total. The van der Waals surface area contributed by atoms with Gasteiger partial charge in [0, 0.05) is 12.6 Å². The average molecular weight is 272 g/mol. The van der Waals surface area contributed by atoms with Crippen LogP contribution in [0.2, 0.25) is 0 Å². The van der Waals surface area contributed by atoms with Crippen LogP contribution in [0.3, 0.4) is 0 Å². The zero-order valence-corrected chi connectivity index (χ0v) is 12.8. The fourth-order valence-electron chi connectivity index (χ4n) is 3.85. The van der Waals surface area contributed by atoms with E-state index in [4.69, 9.17) is 5.73 Å². The Kier molecular flexibility index (Phi) is 4.18. The summed E-state index contributed by atoms with van der Waals surface area (Å²) >= 11 is 0. The molecule has 0 radical (unpaired) electrons. The Balaban J connectivity index is 1.79. The molecular formula is C18H28N2. The lowest BCUT2D eigenvalue weighted by Crippen LogP contribution is -2.37. The van der Waals surface area contributed by atoms with Gasteiger partial charge in [0.25, 0.3) is 0 Å². The van der Waals surface area contributed by atoms with Crippen LogP contribution >= 0.6 is 0 Å². The van der Waals surface area contributed by atoms with Crippen molar-refractivity contribution in [3.63, 3.8) is 0 Å². The largest absolute Gasteiger partial charge is 0.397 e. The first kappa shape index (κ1) is 13.8. The zero-order valence-electron chi connectivity index (χ0n) is 12.8. The highest BCUT2D eigenvalue weighted by Crippen LogP contribution is 2.39. The second-order valence-corrected chi connectivity index (χ2v) is 6.52. The van der Waals surface area contributed by atoms with E-state index in [1.54, 1.807) is 0 Å². The van der Waals surface area contributed by atoms with Gasteiger partial charge in [0.15, 0.2) is 0 Å². The van der Waals surface area contributed by atoms with Gasteiger partial charge in [0.2, 0.25) is 0 Å². The van der Waals surface area contributed by atoms with E-state index in [1.807, 2.05) is 0 Å². The standard InChI is InChI=1S/C18H28N2/c1-2-20(16-9-4-3-5-10-16)18-12-11-15(13-17(18)19)14-7-6-8-14/h11-14,16H,2-10,19H2,1H3. The van der Waals surface area contributed by atoms with Crippen LogP contribution in [0.1, 0.15) is 69.8 Å². The van der Waals surface area contributed by atoms with Crippen LogP contribution in [0.25, 0.3) is 0 Å². The minimum absolute atomic E-state index is 0.700. The van der Waals surface area contributed by atoms with Crippen molar-refractivity contribution >= 4 is 11.4 Å². The molecule has 20 heavy (non-hydrogen) atoms. The number of hydrogen-bond donors (Lipinski definition) is 1. The molecule has 1 aromatic carbocycles. The Labute approximate surface area is 123 Å². The molecule has 2 fully saturated rings. The van der Waals surface area contributed by atoms with Gasteiger partial charge >= 0.3 is 0 Å². The van der Waals surface area contributed by atoms with E-state index in [1.165, 1.54) is 62.6 Å². The fourth-order valence-corrected chi connectivity index (χ4v) is 3.85. The monoisotopic (exact) mass is 272 g/mol. The molecule has 0 spiro atoms. The van der Waals surface area contributed by atoms with E-state index < -0.39 is 0 Å². The van der Waals surface area contributed by atoms with Crippen LogP contribution in [-0.2, 0) is 0 Å². The molecule has 0 aliphatic heterocycles. The normalized spacial score (nSPS) is 20.6. The van der Waals surface area contributed by atoms with E-state index in [9.17, 15) is 0 Å². The molecular weight excluding hydrogens is 244 g/mol. The first-order valence-electron chi connectivity index (χ1n) is 8.45. The minimum Gasteiger partial charge on any atom is -0.397 e. The molecule has 2 aliphatic rings. The van der Waals surface area contributed by atoms with Gasteiger partial charge in [0.05, 0.1) is 11.4 Å². The van der Waals surface area contributed by atoms with Gasteiger partial charge < -0.3 is 10.6 Å². The number of rotatable bonds is 4. The number of benzene rings is 1. The summed E-state index contributed by atoms with van der Waals surface area (Å²) in [5.74, 6) is 0.774. The highest BCUT2D eigenvalue weighted by molar-refractivity contribution is 5.69. The van der Waals surface area contributed by atoms with Crippen molar-refractivity contribution in [1.29, 1.82) is 0 Å². The molecule has 0 atom stereocenters. The van der Waals surface area contributed by atoms with E-state index >= 15 is 0 Å². The molecule has 0 aromatic heterocycles. The van der Waals surface area contributed by atoms with Gasteiger partial charge in [-0.3, -0.25) is 0 Å². The lowest BCUT2D eigenvalue weighted by atomic mass is 9.80. The number of anilines is 2. The smallest absolute Gasteiger partial charge is 0.0602 e. The van der Waals surface area contributed by atoms with E-state index in [2.05, 4.69) is 30.0 Å². The molecule has 0 bridgehead atoms. The van der Waals surface area contributed by atoms with Gasteiger partial charge in [-0.25, -0.2) is 0 Å². The van der Waals surface area contributed by atoms with Crippen molar-refractivity contribution in [1.82, 2.24) is 0 Å². The summed E-state index contributed by atoms with van der Waals surface area (Å²) in [4.78, 5) is 2.54. The van der Waals surface area contributed by atoms with Crippen molar-refractivity contribution in [3.8, 4) is 0 Å². The third-order valence-corrected chi connectivity index (χ3v) is 5.29. The van der Waals surface area contributed by atoms with Gasteiger partial charge in [-0.05, 0) is 56.2 Å². The average Bonchev–Trinajstić information content (AvgIpc) is 2.41. The minimum atomic E-state index is 0.700. The number of nitrogen functional groups attached to an aromatic ring is 1. The molecule has 0 saturated heterocycles. The third-order valence-electron chi connectivity index (χ3n) is 5.29. The molecule has 110 valence electrons. The maximum Gasteiger partial charge on any atom is 0.0602 e. The maximum atomic E-state index is 6.38. The van der Waals surface area contributed by atoms with Crippen LogP contribution in [0.15, 0.2) is 18.2 Å². The van der Waals surface area contributed by atoms with Gasteiger partial charge in [-0.15, -0.1) is 0 Å². The SMILES string of the molecule is CCN(c1ccc(C2CCC2)cc1N)C1CCCCC1. The molecule has 2 aliphatic carbocycles. The van der Waals surface area contributed by atoms with Crippen LogP contribution in [0.4, 0.5) is 11.4 Å². The van der Waals surface area contributed by atoms with Crippen LogP contribution in [0, 0.1) is 0 Å². The van der Waals surface area contributed by atoms with E-state index in [0.717, 1.165) is 18.2 Å². The number of nitrogens with two attached hydrogens (primary N) is 1. The highest BCUT2D eigenvalue weighted by Gasteiger charge is 2.24. The van der Waals surface area contributed by atoms with Crippen molar-refractivity contribution in [2.75, 3.05) is 17.2 Å². The molecule has 0 amide bonds. The molecule has 2 N–H and O–H groups in total. The highest BCUT2D eigenvalue weighted by atomic mass is 15.2. The topological polar surface area (TPSA) is 29.3 Å². The summed E-state index contributed by atoms with van der Waals surface area (Å²) in [5, 5.41) is 0. The maximum absolute atomic E-state index is 6.38. The first-order valence-corrected chi connectivity index (χ1v) is 8.45. The zero-order chi connectivity index (χ0) is 13.9. The Hall–Kier alpha value is -1.18. The Morgan fingerprint density at radius 1 is 1.05 bits per heavy atom. The summed E-state index contributed by atoms with van der Waals surface area (Å²) in [7, 11) is 0. The van der Waals surface area contributed by atoms with Crippen molar-refractivity contribution in [2.24, 2.45) is 0 Å². The molecule has 0 heterocycles. The molecule has 3 rings (SSSR count). The predicted molar refractivity (Wildman–Crippen MR) is 87.3 cm³/mol. The van der Waals surface area contributed by atoms with E-state index in [0.29, 0.717) is 6.04 Å². The summed E-state index contributed by atoms with van der Waals surface area (Å²) < 4.78 is 0. The number of nitrogens with zero attached hydrogens (tertiary/aromatic N) is 1. The van der Waals surface area contributed by atoms with Gasteiger partial charge in [0.1, 0.15) is 0 Å². The van der Waals surface area contributed by atoms with Crippen LogP contribution in [0.5, 0.6) is 0 Å². The first-order chi connectivity index (χ1) is 9.79. The summed E-state index contributed by atoms with van der Waals surface area (Å²) in [5.41, 5.74) is 10.1. The summed E-state index contributed by atoms with van der Waals surface area (Å²) in [6, 6.07) is 7.54. The lowest BCUT2D eigenvalue weighted by Gasteiger charge is -2.36. The van der Waals surface area contributed by atoms with Crippen LogP contribution < -0.4 is 10.6 Å². The second-order valence-electron chi connectivity index (χ2n) is 6.52. The van der Waals surface area contributed by atoms with Crippen molar-refractivity contribution < 1.29 is 0 Å². The second kappa shape index (κ2) is 6.07. The fraction of sp³-hybridized carbons (Fsp3) is 0.667. The Morgan fingerprint density at radius 2 is 1.80 bits per heavy atom. The quantitative estimate of drug-likeness (QED) is 0.805. The lowest BCUT2D eigenvalue weighted by molar-refractivity contribution is 0.416. The third kappa shape index (κ3) is 2.65. The molecule has 2 saturated carbocycles. The Morgan fingerprint density at radius 3 is 2.35 bits per heavy atom. The van der Waals surface area contributed by atoms with Crippen molar-refractivity contribution in [2.45, 2.75) is 70.3 Å². The molecule has 0 unspecified atom stereocenters.